The molecule has 0 saturated carbocycles. The Bertz CT molecular complexity index is 788. The molecule has 1 saturated heterocycles. The predicted octanol–water partition coefficient (Wildman–Crippen LogP) is 0.976. The number of sulfonamides is 1. The van der Waals surface area contributed by atoms with E-state index in [1.807, 2.05) is 20.2 Å². The minimum atomic E-state index is -3.62. The summed E-state index contributed by atoms with van der Waals surface area (Å²) in [4.78, 5) is 4.19. The van der Waals surface area contributed by atoms with Crippen LogP contribution in [-0.4, -0.2) is 53.8 Å². The number of morpholine rings is 1. The van der Waals surface area contributed by atoms with Crippen LogP contribution in [0, 0.1) is 0 Å². The van der Waals surface area contributed by atoms with Gasteiger partial charge in [-0.2, -0.15) is 9.40 Å². The molecular weight excluding hydrogens is 332 g/mol. The van der Waals surface area contributed by atoms with E-state index in [0.29, 0.717) is 25.6 Å². The Hall–Kier alpha value is -1.97. The quantitative estimate of drug-likeness (QED) is 0.797. The summed E-state index contributed by atoms with van der Waals surface area (Å²) >= 11 is 0. The maximum atomic E-state index is 12.8. The van der Waals surface area contributed by atoms with E-state index in [9.17, 15) is 8.42 Å². The van der Waals surface area contributed by atoms with Crippen LogP contribution in [0.15, 0.2) is 35.6 Å². The standard InChI is InChI=1S/C15H20N4O4S/c1-3-22-15-5-4-13(9-16-15)24(20,21)19-6-7-23-14(11-19)12-8-17-18(2)10-12/h4-5,8-10,14H,3,6-7,11H2,1-2H3/t14-/m0/s1. The molecular formula is C15H20N4O4S. The van der Waals surface area contributed by atoms with Gasteiger partial charge in [0.1, 0.15) is 4.90 Å². The van der Waals surface area contributed by atoms with Gasteiger partial charge in [0.2, 0.25) is 15.9 Å². The van der Waals surface area contributed by atoms with E-state index in [4.69, 9.17) is 9.47 Å². The summed E-state index contributed by atoms with van der Waals surface area (Å²) in [7, 11) is -1.81. The number of hydrogen-bond donors (Lipinski definition) is 0. The minimum absolute atomic E-state index is 0.151. The second-order valence-corrected chi connectivity index (χ2v) is 7.37. The minimum Gasteiger partial charge on any atom is -0.478 e. The largest absolute Gasteiger partial charge is 0.478 e. The second-order valence-electron chi connectivity index (χ2n) is 5.43. The van der Waals surface area contributed by atoms with Gasteiger partial charge in [-0.25, -0.2) is 13.4 Å². The van der Waals surface area contributed by atoms with Crippen molar-refractivity contribution in [3.05, 3.63) is 36.3 Å². The summed E-state index contributed by atoms with van der Waals surface area (Å²) in [6, 6.07) is 3.08. The first kappa shape index (κ1) is 16.9. The summed E-state index contributed by atoms with van der Waals surface area (Å²) in [6.07, 6.45) is 4.53. The molecule has 1 aliphatic rings. The van der Waals surface area contributed by atoms with Crippen LogP contribution in [0.1, 0.15) is 18.6 Å². The number of rotatable bonds is 5. The van der Waals surface area contributed by atoms with Crippen LogP contribution in [0.5, 0.6) is 5.88 Å². The van der Waals surface area contributed by atoms with Crippen molar-refractivity contribution in [2.75, 3.05) is 26.3 Å². The third-order valence-corrected chi connectivity index (χ3v) is 5.61. The fourth-order valence-electron chi connectivity index (χ4n) is 2.55. The molecule has 1 aliphatic heterocycles. The highest BCUT2D eigenvalue weighted by Crippen LogP contribution is 2.26. The first-order chi connectivity index (χ1) is 11.5. The fraction of sp³-hybridized carbons (Fsp3) is 0.467. The second kappa shape index (κ2) is 6.88. The zero-order chi connectivity index (χ0) is 17.2. The lowest BCUT2D eigenvalue weighted by Crippen LogP contribution is -2.42. The number of nitrogens with zero attached hydrogens (tertiary/aromatic N) is 4. The Morgan fingerprint density at radius 3 is 2.83 bits per heavy atom. The van der Waals surface area contributed by atoms with E-state index in [-0.39, 0.29) is 17.5 Å². The van der Waals surface area contributed by atoms with Crippen molar-refractivity contribution in [3.63, 3.8) is 0 Å². The van der Waals surface area contributed by atoms with E-state index < -0.39 is 10.0 Å². The van der Waals surface area contributed by atoms with Gasteiger partial charge in [-0.05, 0) is 13.0 Å². The van der Waals surface area contributed by atoms with Gasteiger partial charge in [-0.3, -0.25) is 4.68 Å². The van der Waals surface area contributed by atoms with Gasteiger partial charge < -0.3 is 9.47 Å². The molecule has 130 valence electrons. The Balaban J connectivity index is 1.78. The molecule has 0 N–H and O–H groups in total. The normalized spacial score (nSPS) is 19.3. The molecule has 0 aliphatic carbocycles. The molecule has 2 aromatic rings. The van der Waals surface area contributed by atoms with Crippen LogP contribution in [0.2, 0.25) is 0 Å². The highest BCUT2D eigenvalue weighted by molar-refractivity contribution is 7.89. The van der Waals surface area contributed by atoms with Crippen molar-refractivity contribution in [2.24, 2.45) is 7.05 Å². The van der Waals surface area contributed by atoms with Crippen molar-refractivity contribution in [2.45, 2.75) is 17.9 Å². The number of aromatic nitrogens is 3. The Morgan fingerprint density at radius 2 is 2.21 bits per heavy atom. The van der Waals surface area contributed by atoms with Crippen molar-refractivity contribution in [1.29, 1.82) is 0 Å². The molecule has 8 nitrogen and oxygen atoms in total. The Kier molecular flexibility index (Phi) is 4.83. The topological polar surface area (TPSA) is 86.5 Å². The van der Waals surface area contributed by atoms with Crippen molar-refractivity contribution in [1.82, 2.24) is 19.1 Å². The first-order valence-electron chi connectivity index (χ1n) is 7.70. The van der Waals surface area contributed by atoms with Gasteiger partial charge >= 0.3 is 0 Å². The van der Waals surface area contributed by atoms with E-state index >= 15 is 0 Å². The van der Waals surface area contributed by atoms with Gasteiger partial charge in [-0.15, -0.1) is 0 Å². The molecule has 24 heavy (non-hydrogen) atoms. The zero-order valence-corrected chi connectivity index (χ0v) is 14.4. The van der Waals surface area contributed by atoms with Crippen LogP contribution in [-0.2, 0) is 21.8 Å². The smallest absolute Gasteiger partial charge is 0.244 e. The predicted molar refractivity (Wildman–Crippen MR) is 86.1 cm³/mol. The van der Waals surface area contributed by atoms with E-state index in [1.165, 1.54) is 16.6 Å². The molecule has 0 radical (unpaired) electrons. The Labute approximate surface area is 141 Å². The molecule has 0 bridgehead atoms. The molecule has 3 rings (SSSR count). The van der Waals surface area contributed by atoms with Crippen LogP contribution in [0.25, 0.3) is 0 Å². The number of ether oxygens (including phenoxy) is 2. The van der Waals surface area contributed by atoms with Crippen LogP contribution in [0.3, 0.4) is 0 Å². The zero-order valence-electron chi connectivity index (χ0n) is 13.6. The highest BCUT2D eigenvalue weighted by Gasteiger charge is 2.32. The van der Waals surface area contributed by atoms with Gasteiger partial charge in [0, 0.05) is 38.0 Å². The van der Waals surface area contributed by atoms with E-state index in [0.717, 1.165) is 5.56 Å². The molecule has 0 spiro atoms. The summed E-state index contributed by atoms with van der Waals surface area (Å²) in [5.41, 5.74) is 0.863. The van der Waals surface area contributed by atoms with Crippen LogP contribution >= 0.6 is 0 Å². The number of pyridine rings is 1. The molecule has 0 unspecified atom stereocenters. The van der Waals surface area contributed by atoms with Gasteiger partial charge in [-0.1, -0.05) is 0 Å². The maximum absolute atomic E-state index is 12.8. The van der Waals surface area contributed by atoms with E-state index in [1.54, 1.807) is 16.9 Å². The van der Waals surface area contributed by atoms with Gasteiger partial charge in [0.25, 0.3) is 0 Å². The molecule has 1 atom stereocenters. The van der Waals surface area contributed by atoms with Crippen molar-refractivity contribution < 1.29 is 17.9 Å². The maximum Gasteiger partial charge on any atom is 0.244 e. The Morgan fingerprint density at radius 1 is 1.38 bits per heavy atom. The summed E-state index contributed by atoms with van der Waals surface area (Å²) < 4.78 is 39.6. The highest BCUT2D eigenvalue weighted by atomic mass is 32.2. The number of aryl methyl sites for hydroxylation is 1. The van der Waals surface area contributed by atoms with Crippen LogP contribution < -0.4 is 4.74 Å². The third kappa shape index (κ3) is 3.42. The van der Waals surface area contributed by atoms with Gasteiger partial charge in [0.05, 0.1) is 31.7 Å². The monoisotopic (exact) mass is 352 g/mol. The summed E-state index contributed by atoms with van der Waals surface area (Å²) in [5.74, 6) is 0.409. The lowest BCUT2D eigenvalue weighted by Gasteiger charge is -2.31. The van der Waals surface area contributed by atoms with E-state index in [2.05, 4.69) is 10.1 Å². The summed E-state index contributed by atoms with van der Waals surface area (Å²) in [6.45, 7) is 3.23. The molecule has 3 heterocycles. The molecule has 1 fully saturated rings. The average Bonchev–Trinajstić information content (AvgIpc) is 3.02. The SMILES string of the molecule is CCOc1ccc(S(=O)(=O)N2CCO[C@H](c3cnn(C)c3)C2)cn1. The lowest BCUT2D eigenvalue weighted by molar-refractivity contribution is -0.00259. The molecule has 0 aromatic carbocycles. The molecule has 2 aromatic heterocycles. The van der Waals surface area contributed by atoms with Crippen LogP contribution in [0.4, 0.5) is 0 Å². The molecule has 9 heteroatoms. The van der Waals surface area contributed by atoms with Crippen molar-refractivity contribution >= 4 is 10.0 Å². The molecule has 0 amide bonds. The number of hydrogen-bond acceptors (Lipinski definition) is 6. The summed E-state index contributed by atoms with van der Waals surface area (Å²) in [5, 5.41) is 4.11. The first-order valence-corrected chi connectivity index (χ1v) is 9.14. The van der Waals surface area contributed by atoms with Gasteiger partial charge in [0.15, 0.2) is 0 Å². The van der Waals surface area contributed by atoms with Crippen molar-refractivity contribution in [3.8, 4) is 5.88 Å². The third-order valence-electron chi connectivity index (χ3n) is 3.77. The fourth-order valence-corrected chi connectivity index (χ4v) is 3.92. The average molecular weight is 352 g/mol. The lowest BCUT2D eigenvalue weighted by atomic mass is 10.2.